The largest absolute Gasteiger partial charge is 0.493 e. The molecule has 0 amide bonds. The van der Waals surface area contributed by atoms with E-state index in [1.807, 2.05) is 37.3 Å². The van der Waals surface area contributed by atoms with Crippen molar-refractivity contribution in [1.82, 2.24) is 4.98 Å². The highest BCUT2D eigenvalue weighted by Crippen LogP contribution is 2.32. The number of hydrogen-bond donors (Lipinski definition) is 1. The monoisotopic (exact) mass is 555 g/mol. The van der Waals surface area contributed by atoms with Crippen molar-refractivity contribution in [2.45, 2.75) is 45.6 Å². The topological polar surface area (TPSA) is 91.0 Å². The number of carboxylic acids is 1. The summed E-state index contributed by atoms with van der Waals surface area (Å²) in [6.07, 6.45) is -3.98. The molecule has 3 aromatic carbocycles. The molecule has 0 fully saturated rings. The first-order chi connectivity index (χ1) is 18.9. The van der Waals surface area contributed by atoms with Gasteiger partial charge >= 0.3 is 12.1 Å². The highest BCUT2D eigenvalue weighted by atomic mass is 19.4. The van der Waals surface area contributed by atoms with E-state index in [1.165, 1.54) is 26.0 Å². The van der Waals surface area contributed by atoms with Crippen LogP contribution in [0, 0.1) is 6.92 Å². The van der Waals surface area contributed by atoms with E-state index in [9.17, 15) is 23.1 Å². The van der Waals surface area contributed by atoms with Gasteiger partial charge in [0.05, 0.1) is 17.9 Å². The molecule has 0 radical (unpaired) electrons. The molecule has 210 valence electrons. The van der Waals surface area contributed by atoms with E-state index in [1.54, 1.807) is 18.2 Å². The first-order valence-electron chi connectivity index (χ1n) is 12.4. The van der Waals surface area contributed by atoms with Gasteiger partial charge in [0.2, 0.25) is 5.89 Å². The molecule has 4 aromatic rings. The number of nitrogens with zero attached hydrogens (tertiary/aromatic N) is 1. The Balaban J connectivity index is 1.47. The number of carbonyl (C=O) groups is 1. The number of oxazole rings is 1. The van der Waals surface area contributed by atoms with Crippen molar-refractivity contribution in [2.24, 2.45) is 0 Å². The molecule has 0 saturated heterocycles. The zero-order chi connectivity index (χ0) is 28.9. The number of aromatic nitrogens is 1. The molecule has 0 saturated carbocycles. The molecule has 0 aliphatic heterocycles. The zero-order valence-electron chi connectivity index (χ0n) is 22.1. The van der Waals surface area contributed by atoms with Gasteiger partial charge in [0.25, 0.3) is 0 Å². The first kappa shape index (κ1) is 28.5. The molecule has 0 unspecified atom stereocenters. The van der Waals surface area contributed by atoms with Crippen LogP contribution in [0.5, 0.6) is 17.2 Å². The number of aliphatic carboxylic acids is 1. The summed E-state index contributed by atoms with van der Waals surface area (Å²) in [6.45, 7) is 4.83. The normalized spacial score (nSPS) is 11.8. The SMILES string of the molecule is Cc1oc(-c2ccccc2)nc1CCOc1ccc(OC(C)(C)C(=O)O)c(COc2ccc(C(F)(F)F)cc2)c1. The minimum Gasteiger partial charge on any atom is -0.493 e. The predicted octanol–water partition coefficient (Wildman–Crippen LogP) is 7.11. The molecular weight excluding hydrogens is 527 g/mol. The number of halogens is 3. The van der Waals surface area contributed by atoms with Crippen LogP contribution in [-0.4, -0.2) is 28.3 Å². The fraction of sp³-hybridized carbons (Fsp3) is 0.267. The molecular formula is C30H28F3NO6. The molecule has 0 bridgehead atoms. The summed E-state index contributed by atoms with van der Waals surface area (Å²) in [6, 6.07) is 18.7. The molecule has 40 heavy (non-hydrogen) atoms. The van der Waals surface area contributed by atoms with Crippen LogP contribution in [0.4, 0.5) is 13.2 Å². The number of alkyl halides is 3. The van der Waals surface area contributed by atoms with E-state index in [-0.39, 0.29) is 24.7 Å². The molecule has 1 heterocycles. The molecule has 10 heteroatoms. The smallest absolute Gasteiger partial charge is 0.416 e. The van der Waals surface area contributed by atoms with Crippen LogP contribution in [0.1, 0.15) is 36.4 Å². The second-order valence-electron chi connectivity index (χ2n) is 9.48. The van der Waals surface area contributed by atoms with Crippen LogP contribution in [0.2, 0.25) is 0 Å². The van der Waals surface area contributed by atoms with Crippen molar-refractivity contribution in [3.63, 3.8) is 0 Å². The molecule has 0 aliphatic rings. The molecule has 4 rings (SSSR count). The summed E-state index contributed by atoms with van der Waals surface area (Å²) in [5, 5.41) is 9.48. The van der Waals surface area contributed by atoms with E-state index in [0.717, 1.165) is 23.4 Å². The Hall–Kier alpha value is -4.47. The summed E-state index contributed by atoms with van der Waals surface area (Å²) in [4.78, 5) is 16.2. The van der Waals surface area contributed by atoms with Crippen molar-refractivity contribution in [2.75, 3.05) is 6.61 Å². The summed E-state index contributed by atoms with van der Waals surface area (Å²) >= 11 is 0. The highest BCUT2D eigenvalue weighted by molar-refractivity contribution is 5.76. The van der Waals surface area contributed by atoms with Gasteiger partial charge in [-0.15, -0.1) is 0 Å². The lowest BCUT2D eigenvalue weighted by Gasteiger charge is -2.24. The maximum Gasteiger partial charge on any atom is 0.416 e. The van der Waals surface area contributed by atoms with Gasteiger partial charge in [-0.3, -0.25) is 0 Å². The summed E-state index contributed by atoms with van der Waals surface area (Å²) in [5.41, 5.74) is -0.244. The van der Waals surface area contributed by atoms with Gasteiger partial charge in [-0.05, 0) is 75.4 Å². The quantitative estimate of drug-likeness (QED) is 0.211. The number of benzene rings is 3. The molecule has 0 aliphatic carbocycles. The maximum absolute atomic E-state index is 12.9. The zero-order valence-corrected chi connectivity index (χ0v) is 22.1. The average molecular weight is 556 g/mol. The minimum atomic E-state index is -4.46. The van der Waals surface area contributed by atoms with Crippen molar-refractivity contribution in [3.8, 4) is 28.7 Å². The van der Waals surface area contributed by atoms with Crippen LogP contribution in [0.15, 0.2) is 77.2 Å². The van der Waals surface area contributed by atoms with Gasteiger partial charge in [-0.25, -0.2) is 9.78 Å². The Kier molecular flexibility index (Phi) is 8.37. The number of aryl methyl sites for hydroxylation is 1. The third kappa shape index (κ3) is 7.13. The first-order valence-corrected chi connectivity index (χ1v) is 12.4. The minimum absolute atomic E-state index is 0.101. The summed E-state index contributed by atoms with van der Waals surface area (Å²) in [7, 11) is 0. The Morgan fingerprint density at radius 3 is 2.27 bits per heavy atom. The maximum atomic E-state index is 12.9. The van der Waals surface area contributed by atoms with E-state index in [4.69, 9.17) is 18.6 Å². The van der Waals surface area contributed by atoms with E-state index in [0.29, 0.717) is 29.4 Å². The Labute approximate surface area is 229 Å². The van der Waals surface area contributed by atoms with Gasteiger partial charge in [0.15, 0.2) is 5.60 Å². The molecule has 0 spiro atoms. The lowest BCUT2D eigenvalue weighted by atomic mass is 10.1. The Morgan fingerprint density at radius 2 is 1.62 bits per heavy atom. The van der Waals surface area contributed by atoms with Gasteiger partial charge in [-0.1, -0.05) is 18.2 Å². The van der Waals surface area contributed by atoms with Crippen LogP contribution >= 0.6 is 0 Å². The lowest BCUT2D eigenvalue weighted by molar-refractivity contribution is -0.152. The third-order valence-electron chi connectivity index (χ3n) is 6.01. The Bertz CT molecular complexity index is 1450. The van der Waals surface area contributed by atoms with Crippen LogP contribution in [-0.2, 0) is 24.0 Å². The number of ether oxygens (including phenoxy) is 3. The van der Waals surface area contributed by atoms with Crippen LogP contribution < -0.4 is 14.2 Å². The molecule has 7 nitrogen and oxygen atoms in total. The van der Waals surface area contributed by atoms with Crippen molar-refractivity contribution < 1.29 is 41.7 Å². The average Bonchev–Trinajstić information content (AvgIpc) is 3.29. The number of hydrogen-bond acceptors (Lipinski definition) is 6. The second kappa shape index (κ2) is 11.7. The Morgan fingerprint density at radius 1 is 0.950 bits per heavy atom. The van der Waals surface area contributed by atoms with Crippen LogP contribution in [0.3, 0.4) is 0 Å². The van der Waals surface area contributed by atoms with E-state index in [2.05, 4.69) is 4.98 Å². The summed E-state index contributed by atoms with van der Waals surface area (Å²) < 4.78 is 61.8. The fourth-order valence-corrected chi connectivity index (χ4v) is 3.71. The highest BCUT2D eigenvalue weighted by Gasteiger charge is 2.31. The molecule has 1 N–H and O–H groups in total. The third-order valence-corrected chi connectivity index (χ3v) is 6.01. The van der Waals surface area contributed by atoms with Crippen molar-refractivity contribution >= 4 is 5.97 Å². The predicted molar refractivity (Wildman–Crippen MR) is 140 cm³/mol. The van der Waals surface area contributed by atoms with Crippen molar-refractivity contribution in [1.29, 1.82) is 0 Å². The van der Waals surface area contributed by atoms with Crippen LogP contribution in [0.25, 0.3) is 11.5 Å². The van der Waals surface area contributed by atoms with Gasteiger partial charge in [-0.2, -0.15) is 13.2 Å². The molecule has 0 atom stereocenters. The fourth-order valence-electron chi connectivity index (χ4n) is 3.71. The molecule has 1 aromatic heterocycles. The van der Waals surface area contributed by atoms with Gasteiger partial charge in [0, 0.05) is 17.5 Å². The second-order valence-corrected chi connectivity index (χ2v) is 9.48. The number of rotatable bonds is 11. The summed E-state index contributed by atoms with van der Waals surface area (Å²) in [5.74, 6) is 0.965. The van der Waals surface area contributed by atoms with E-state index >= 15 is 0 Å². The standard InChI is InChI=1S/C30H28F3NO6/c1-19-25(34-27(39-19)20-7-5-4-6-8-20)15-16-37-24-13-14-26(40-29(2,3)28(35)36)21(17-24)18-38-23-11-9-22(10-12-23)30(31,32)33/h4-14,17H,15-16,18H2,1-3H3,(H,35,36). The lowest BCUT2D eigenvalue weighted by Crippen LogP contribution is -2.38. The van der Waals surface area contributed by atoms with E-state index < -0.39 is 23.3 Å². The number of carboxylic acid groups (broad SMARTS) is 1. The van der Waals surface area contributed by atoms with Gasteiger partial charge in [0.1, 0.15) is 29.6 Å². The van der Waals surface area contributed by atoms with Crippen molar-refractivity contribution in [3.05, 3.63) is 95.4 Å². The van der Waals surface area contributed by atoms with Gasteiger partial charge < -0.3 is 23.7 Å².